The summed E-state index contributed by atoms with van der Waals surface area (Å²) in [6.45, 7) is 0. The van der Waals surface area contributed by atoms with Crippen molar-refractivity contribution < 1.29 is 0 Å². The number of para-hydroxylation sites is 2. The lowest BCUT2D eigenvalue weighted by molar-refractivity contribution is 0.408. The van der Waals surface area contributed by atoms with Gasteiger partial charge in [0.25, 0.3) is 0 Å². The van der Waals surface area contributed by atoms with Crippen molar-refractivity contribution in [3.63, 3.8) is 0 Å². The first-order valence-corrected chi connectivity index (χ1v) is 25.0. The molecule has 2 aliphatic heterocycles. The Morgan fingerprint density at radius 1 is 0.571 bits per heavy atom. The molecule has 5 aliphatic rings. The number of rotatable bonds is 5. The molecule has 15 rings (SSSR count). The summed E-state index contributed by atoms with van der Waals surface area (Å²) in [5.41, 5.74) is 15.6. The second-order valence-electron chi connectivity index (χ2n) is 19.8. The van der Waals surface area contributed by atoms with E-state index in [1.807, 2.05) is 0 Å². The third-order valence-electron chi connectivity index (χ3n) is 15.9. The summed E-state index contributed by atoms with van der Waals surface area (Å²) in [5.74, 6) is 1.17. The Morgan fingerprint density at radius 3 is 2.26 bits per heavy atom. The molecule has 5 unspecified atom stereocenters. The van der Waals surface area contributed by atoms with E-state index in [1.54, 1.807) is 0 Å². The number of anilines is 2. The van der Waals surface area contributed by atoms with E-state index in [0.29, 0.717) is 0 Å². The molecule has 1 aromatic heterocycles. The SMILES string of the molecule is C1=CC2=C(C=CC3C2c2ccccc2N3c2c3ccccc3cc3c2c2ccccc2n3C2C=Cc3ccc(C4NC(c5ccc6ccc7ccccc7c6c5)=NC(c5ccccc5)N4)cc3C2)CC1. The van der Waals surface area contributed by atoms with Gasteiger partial charge in [-0.05, 0) is 109 Å². The minimum Gasteiger partial charge on any atom is -0.350 e. The lowest BCUT2D eigenvalue weighted by Gasteiger charge is -2.34. The molecule has 3 aliphatic carbocycles. The highest BCUT2D eigenvalue weighted by Gasteiger charge is 2.43. The predicted octanol–water partition coefficient (Wildman–Crippen LogP) is 15.2. The fraction of sp³-hybridized carbons (Fsp3) is 0.123. The topological polar surface area (TPSA) is 44.6 Å². The number of amidine groups is 1. The van der Waals surface area contributed by atoms with Crippen molar-refractivity contribution in [2.24, 2.45) is 4.99 Å². The Morgan fingerprint density at radius 2 is 1.34 bits per heavy atom. The molecule has 0 bridgehead atoms. The summed E-state index contributed by atoms with van der Waals surface area (Å²) < 4.78 is 2.64. The lowest BCUT2D eigenvalue weighted by atomic mass is 9.78. The van der Waals surface area contributed by atoms with Gasteiger partial charge in [-0.1, -0.05) is 194 Å². The molecule has 0 radical (unpaired) electrons. The summed E-state index contributed by atoms with van der Waals surface area (Å²) in [6.07, 6.45) is 17.2. The zero-order valence-corrected chi connectivity index (χ0v) is 38.6. The van der Waals surface area contributed by atoms with Gasteiger partial charge in [0.2, 0.25) is 0 Å². The first-order chi connectivity index (χ1) is 34.7. The summed E-state index contributed by atoms with van der Waals surface area (Å²) in [6, 6.07) is 67.6. The van der Waals surface area contributed by atoms with Gasteiger partial charge in [0.1, 0.15) is 18.2 Å². The zero-order chi connectivity index (χ0) is 45.9. The van der Waals surface area contributed by atoms with Crippen LogP contribution < -0.4 is 15.5 Å². The molecule has 0 fully saturated rings. The van der Waals surface area contributed by atoms with Crippen LogP contribution in [0.1, 0.15) is 70.5 Å². The summed E-state index contributed by atoms with van der Waals surface area (Å²) in [4.78, 5) is 8.05. The maximum atomic E-state index is 5.35. The van der Waals surface area contributed by atoms with Crippen molar-refractivity contribution in [3.8, 4) is 0 Å². The van der Waals surface area contributed by atoms with Crippen LogP contribution in [0, 0.1) is 0 Å². The summed E-state index contributed by atoms with van der Waals surface area (Å²) >= 11 is 0. The van der Waals surface area contributed by atoms with Crippen molar-refractivity contribution >= 4 is 77.4 Å². The number of hydrogen-bond acceptors (Lipinski definition) is 4. The maximum Gasteiger partial charge on any atom is 0.131 e. The predicted molar refractivity (Wildman–Crippen MR) is 291 cm³/mol. The highest BCUT2D eigenvalue weighted by molar-refractivity contribution is 6.23. The second-order valence-corrected chi connectivity index (χ2v) is 19.8. The van der Waals surface area contributed by atoms with Gasteiger partial charge in [-0.2, -0.15) is 0 Å². The Balaban J connectivity index is 0.837. The molecule has 5 atom stereocenters. The fourth-order valence-corrected chi connectivity index (χ4v) is 12.7. The third kappa shape index (κ3) is 6.11. The molecule has 9 aromatic carbocycles. The first kappa shape index (κ1) is 39.7. The van der Waals surface area contributed by atoms with Crippen LogP contribution in [0.5, 0.6) is 0 Å². The van der Waals surface area contributed by atoms with E-state index in [2.05, 4.69) is 239 Å². The number of nitrogens with zero attached hydrogens (tertiary/aromatic N) is 3. The number of allylic oxidation sites excluding steroid dienone is 5. The molecule has 0 amide bonds. The van der Waals surface area contributed by atoms with Gasteiger partial charge < -0.3 is 14.8 Å². The van der Waals surface area contributed by atoms with Crippen molar-refractivity contribution in [2.75, 3.05) is 4.90 Å². The van der Waals surface area contributed by atoms with Gasteiger partial charge in [0.05, 0.1) is 23.3 Å². The average molecular weight is 900 g/mol. The minimum absolute atomic E-state index is 0.0985. The number of benzene rings is 9. The van der Waals surface area contributed by atoms with E-state index in [9.17, 15) is 0 Å². The summed E-state index contributed by atoms with van der Waals surface area (Å²) in [5, 5.41) is 17.9. The fourth-order valence-electron chi connectivity index (χ4n) is 12.7. The van der Waals surface area contributed by atoms with E-state index in [1.165, 1.54) is 98.9 Å². The van der Waals surface area contributed by atoms with E-state index < -0.39 is 0 Å². The molecule has 0 saturated carbocycles. The Bertz CT molecular complexity index is 3980. The molecular weight excluding hydrogens is 851 g/mol. The zero-order valence-electron chi connectivity index (χ0n) is 38.6. The summed E-state index contributed by atoms with van der Waals surface area (Å²) in [7, 11) is 0. The van der Waals surface area contributed by atoms with Crippen LogP contribution in [0.2, 0.25) is 0 Å². The van der Waals surface area contributed by atoms with E-state index >= 15 is 0 Å². The third-order valence-corrected chi connectivity index (χ3v) is 15.9. The molecule has 5 nitrogen and oxygen atoms in total. The minimum atomic E-state index is -0.226. The van der Waals surface area contributed by atoms with Gasteiger partial charge in [-0.3, -0.25) is 5.32 Å². The van der Waals surface area contributed by atoms with Crippen molar-refractivity contribution in [1.29, 1.82) is 0 Å². The van der Waals surface area contributed by atoms with Gasteiger partial charge in [-0.25, -0.2) is 4.99 Å². The number of aromatic nitrogens is 1. The molecule has 3 heterocycles. The van der Waals surface area contributed by atoms with Crippen LogP contribution in [-0.4, -0.2) is 16.4 Å². The smallest absolute Gasteiger partial charge is 0.131 e. The van der Waals surface area contributed by atoms with E-state index in [-0.39, 0.29) is 30.3 Å². The van der Waals surface area contributed by atoms with Crippen LogP contribution in [0.3, 0.4) is 0 Å². The lowest BCUT2D eigenvalue weighted by Crippen LogP contribution is -2.45. The van der Waals surface area contributed by atoms with Gasteiger partial charge in [0, 0.05) is 38.8 Å². The number of nitrogens with one attached hydrogen (secondary N) is 2. The molecule has 334 valence electrons. The molecular formula is C65H49N5. The highest BCUT2D eigenvalue weighted by Crippen LogP contribution is 2.56. The molecule has 70 heavy (non-hydrogen) atoms. The largest absolute Gasteiger partial charge is 0.350 e. The monoisotopic (exact) mass is 899 g/mol. The Hall–Kier alpha value is -8.25. The van der Waals surface area contributed by atoms with Gasteiger partial charge >= 0.3 is 0 Å². The van der Waals surface area contributed by atoms with E-state index in [4.69, 9.17) is 4.99 Å². The average Bonchev–Trinajstić information content (AvgIpc) is 3.95. The molecule has 2 N–H and O–H groups in total. The molecule has 5 heteroatoms. The van der Waals surface area contributed by atoms with E-state index in [0.717, 1.165) is 36.2 Å². The van der Waals surface area contributed by atoms with Crippen LogP contribution in [-0.2, 0) is 6.42 Å². The van der Waals surface area contributed by atoms with Gasteiger partial charge in [-0.15, -0.1) is 0 Å². The molecule has 10 aromatic rings. The van der Waals surface area contributed by atoms with Crippen LogP contribution in [0.15, 0.2) is 229 Å². The quantitative estimate of drug-likeness (QED) is 0.169. The van der Waals surface area contributed by atoms with Gasteiger partial charge in [0.15, 0.2) is 0 Å². The normalized spacial score (nSPS) is 21.3. The second kappa shape index (κ2) is 15.6. The van der Waals surface area contributed by atoms with Crippen LogP contribution >= 0.6 is 0 Å². The van der Waals surface area contributed by atoms with Crippen molar-refractivity contribution in [2.45, 2.75) is 49.6 Å². The highest BCUT2D eigenvalue weighted by atomic mass is 15.3. The number of hydrogen-bond donors (Lipinski definition) is 2. The number of aliphatic imine (C=N–C) groups is 1. The first-order valence-electron chi connectivity index (χ1n) is 25.0. The molecule has 0 spiro atoms. The van der Waals surface area contributed by atoms with Crippen molar-refractivity contribution in [3.05, 3.63) is 257 Å². The molecule has 0 saturated heterocycles. The van der Waals surface area contributed by atoms with Crippen LogP contribution in [0.4, 0.5) is 11.4 Å². The van der Waals surface area contributed by atoms with Crippen molar-refractivity contribution in [1.82, 2.24) is 15.2 Å². The Labute approximate surface area is 407 Å². The Kier molecular flexibility index (Phi) is 8.87. The van der Waals surface area contributed by atoms with Crippen LogP contribution in [0.25, 0.3) is 60.2 Å². The maximum absolute atomic E-state index is 5.35. The number of fused-ring (bicyclic) bond motifs is 12. The standard InChI is InChI=1S/C65H49N5/c1-2-16-44(17-3-1)63-66-64(68-65(67-63)47-31-29-43-28-27-41-14-4-7-19-50(41)55(43)38-47)46-30-26-40-32-34-49(37-48(40)36-46)69-56-24-12-11-23-54(56)61-59(69)39-45-18-6-9-21-52(45)62(61)70-57-25-13-10-22-53(57)60-51-20-8-5-15-42(51)33-35-58(60)70/h1-4,6-14,16-36,38-39,49,58,60,63-64,66H,5,15,37H2,(H,67,68).